The molecule has 16 heavy (non-hydrogen) atoms. The first kappa shape index (κ1) is 11.6. The highest BCUT2D eigenvalue weighted by Gasteiger charge is 2.24. The van der Waals surface area contributed by atoms with Crippen LogP contribution in [-0.4, -0.2) is 39.4 Å². The van der Waals surface area contributed by atoms with E-state index in [1.165, 1.54) is 6.42 Å². The van der Waals surface area contributed by atoms with Crippen LogP contribution in [0.3, 0.4) is 0 Å². The zero-order valence-corrected chi connectivity index (χ0v) is 10.7. The smallest absolute Gasteiger partial charge is 0.271 e. The Morgan fingerprint density at radius 1 is 1.69 bits per heavy atom. The van der Waals surface area contributed by atoms with Crippen molar-refractivity contribution in [3.63, 3.8) is 0 Å². The number of aromatic amines is 1. The number of halogens is 1. The molecule has 0 aromatic carbocycles. The van der Waals surface area contributed by atoms with Gasteiger partial charge in [0.15, 0.2) is 0 Å². The Morgan fingerprint density at radius 2 is 2.56 bits per heavy atom. The third kappa shape index (κ3) is 2.64. The van der Waals surface area contributed by atoms with Gasteiger partial charge in [-0.3, -0.25) is 9.89 Å². The Balaban J connectivity index is 1.96. The maximum atomic E-state index is 12.1. The lowest BCUT2D eigenvalue weighted by Gasteiger charge is -2.32. The van der Waals surface area contributed by atoms with Crippen LogP contribution in [0.4, 0.5) is 0 Å². The fraction of sp³-hybridized carbons (Fsp3) is 0.636. The molecule has 2 heterocycles. The van der Waals surface area contributed by atoms with Gasteiger partial charge in [-0.15, -0.1) is 0 Å². The number of rotatable bonds is 3. The minimum Gasteiger partial charge on any atom is -0.337 e. The van der Waals surface area contributed by atoms with E-state index in [4.69, 9.17) is 0 Å². The van der Waals surface area contributed by atoms with E-state index in [2.05, 4.69) is 26.1 Å². The summed E-state index contributed by atoms with van der Waals surface area (Å²) in [5.41, 5.74) is 0.597. The van der Waals surface area contributed by atoms with Crippen LogP contribution in [0.25, 0.3) is 0 Å². The van der Waals surface area contributed by atoms with Gasteiger partial charge in [-0.05, 0) is 31.2 Å². The molecule has 0 bridgehead atoms. The minimum absolute atomic E-state index is 0.0803. The largest absolute Gasteiger partial charge is 0.337 e. The van der Waals surface area contributed by atoms with E-state index in [0.717, 1.165) is 31.3 Å². The lowest BCUT2D eigenvalue weighted by Crippen LogP contribution is -2.40. The van der Waals surface area contributed by atoms with Gasteiger partial charge < -0.3 is 4.90 Å². The van der Waals surface area contributed by atoms with Gasteiger partial charge in [0.05, 0.1) is 0 Å². The second kappa shape index (κ2) is 5.48. The van der Waals surface area contributed by atoms with Crippen LogP contribution in [0.15, 0.2) is 12.3 Å². The van der Waals surface area contributed by atoms with E-state index in [-0.39, 0.29) is 5.91 Å². The number of hydrogen-bond donors (Lipinski definition) is 1. The van der Waals surface area contributed by atoms with Crippen LogP contribution in [0.1, 0.15) is 29.8 Å². The molecule has 1 N–H and O–H groups in total. The molecule has 1 amide bonds. The van der Waals surface area contributed by atoms with E-state index in [1.807, 2.05) is 4.90 Å². The molecule has 5 heteroatoms. The van der Waals surface area contributed by atoms with E-state index >= 15 is 0 Å². The molecular weight excluding hydrogens is 270 g/mol. The van der Waals surface area contributed by atoms with Gasteiger partial charge in [0.25, 0.3) is 5.91 Å². The molecule has 1 atom stereocenters. The highest BCUT2D eigenvalue weighted by molar-refractivity contribution is 9.09. The lowest BCUT2D eigenvalue weighted by molar-refractivity contribution is 0.0666. The number of nitrogens with one attached hydrogen (secondary N) is 1. The van der Waals surface area contributed by atoms with Crippen molar-refractivity contribution in [2.45, 2.75) is 19.3 Å². The van der Waals surface area contributed by atoms with Crippen LogP contribution >= 0.6 is 15.9 Å². The van der Waals surface area contributed by atoms with Gasteiger partial charge >= 0.3 is 0 Å². The molecular formula is C11H16BrN3O. The first-order chi connectivity index (χ1) is 7.81. The summed E-state index contributed by atoms with van der Waals surface area (Å²) in [7, 11) is 0. The second-order valence-electron chi connectivity index (χ2n) is 4.21. The maximum absolute atomic E-state index is 12.1. The maximum Gasteiger partial charge on any atom is 0.271 e. The van der Waals surface area contributed by atoms with E-state index in [1.54, 1.807) is 12.3 Å². The number of nitrogens with zero attached hydrogens (tertiary/aromatic N) is 2. The van der Waals surface area contributed by atoms with Crippen molar-refractivity contribution in [1.82, 2.24) is 15.1 Å². The van der Waals surface area contributed by atoms with Crippen LogP contribution in [0.5, 0.6) is 0 Å². The minimum atomic E-state index is 0.0803. The predicted octanol–water partition coefficient (Wildman–Crippen LogP) is 2.05. The lowest BCUT2D eigenvalue weighted by atomic mass is 9.95. The Kier molecular flexibility index (Phi) is 3.98. The molecule has 88 valence electrons. The Hall–Kier alpha value is -0.840. The Bertz CT molecular complexity index is 337. The van der Waals surface area contributed by atoms with Crippen molar-refractivity contribution in [2.75, 3.05) is 18.4 Å². The number of piperidine rings is 1. The van der Waals surface area contributed by atoms with Crippen LogP contribution in [-0.2, 0) is 0 Å². The molecule has 1 aromatic heterocycles. The standard InChI is InChI=1S/C11H16BrN3O/c12-5-3-9-2-1-7-15(8-9)11(16)10-4-6-13-14-10/h4,6,9H,1-3,5,7-8H2,(H,13,14). The van der Waals surface area contributed by atoms with Gasteiger partial charge in [-0.1, -0.05) is 15.9 Å². The van der Waals surface area contributed by atoms with Crippen molar-refractivity contribution >= 4 is 21.8 Å². The number of carbonyl (C=O) groups excluding carboxylic acids is 1. The average Bonchev–Trinajstić information content (AvgIpc) is 2.82. The van der Waals surface area contributed by atoms with Crippen molar-refractivity contribution in [3.05, 3.63) is 18.0 Å². The summed E-state index contributed by atoms with van der Waals surface area (Å²) in [4.78, 5) is 14.0. The second-order valence-corrected chi connectivity index (χ2v) is 5.00. The van der Waals surface area contributed by atoms with Crippen molar-refractivity contribution in [1.29, 1.82) is 0 Å². The van der Waals surface area contributed by atoms with Gasteiger partial charge in [-0.2, -0.15) is 5.10 Å². The first-order valence-corrected chi connectivity index (χ1v) is 6.78. The van der Waals surface area contributed by atoms with Gasteiger partial charge in [-0.25, -0.2) is 0 Å². The number of likely N-dealkylation sites (tertiary alicyclic amines) is 1. The molecule has 1 fully saturated rings. The fourth-order valence-electron chi connectivity index (χ4n) is 2.18. The highest BCUT2D eigenvalue weighted by Crippen LogP contribution is 2.21. The van der Waals surface area contributed by atoms with E-state index in [0.29, 0.717) is 11.6 Å². The molecule has 1 aromatic rings. The molecule has 0 spiro atoms. The van der Waals surface area contributed by atoms with Crippen molar-refractivity contribution in [3.8, 4) is 0 Å². The van der Waals surface area contributed by atoms with Gasteiger partial charge in [0, 0.05) is 24.6 Å². The fourth-order valence-corrected chi connectivity index (χ4v) is 2.83. The van der Waals surface area contributed by atoms with Crippen LogP contribution in [0, 0.1) is 5.92 Å². The van der Waals surface area contributed by atoms with Crippen molar-refractivity contribution in [2.24, 2.45) is 5.92 Å². The Labute approximate surface area is 104 Å². The summed E-state index contributed by atoms with van der Waals surface area (Å²) in [6.07, 6.45) is 5.11. The monoisotopic (exact) mass is 285 g/mol. The van der Waals surface area contributed by atoms with Crippen LogP contribution < -0.4 is 0 Å². The van der Waals surface area contributed by atoms with Crippen LogP contribution in [0.2, 0.25) is 0 Å². The quantitative estimate of drug-likeness (QED) is 0.864. The molecule has 1 saturated heterocycles. The highest BCUT2D eigenvalue weighted by atomic mass is 79.9. The summed E-state index contributed by atoms with van der Waals surface area (Å²) in [6, 6.07) is 1.73. The summed E-state index contributed by atoms with van der Waals surface area (Å²) in [6.45, 7) is 1.75. The third-order valence-corrected chi connectivity index (χ3v) is 3.51. The SMILES string of the molecule is O=C(c1ccn[nH]1)N1CCCC(CCBr)C1. The molecule has 0 radical (unpaired) electrons. The number of H-pyrrole nitrogens is 1. The zero-order valence-electron chi connectivity index (χ0n) is 9.16. The number of aromatic nitrogens is 2. The van der Waals surface area contributed by atoms with Gasteiger partial charge in [0.1, 0.15) is 5.69 Å². The number of amides is 1. The molecule has 2 rings (SSSR count). The topological polar surface area (TPSA) is 49.0 Å². The average molecular weight is 286 g/mol. The van der Waals surface area contributed by atoms with Gasteiger partial charge in [0.2, 0.25) is 0 Å². The third-order valence-electron chi connectivity index (χ3n) is 3.05. The van der Waals surface area contributed by atoms with Crippen molar-refractivity contribution < 1.29 is 4.79 Å². The van der Waals surface area contributed by atoms with E-state index in [9.17, 15) is 4.79 Å². The molecule has 4 nitrogen and oxygen atoms in total. The Morgan fingerprint density at radius 3 is 3.25 bits per heavy atom. The molecule has 1 aliphatic heterocycles. The zero-order chi connectivity index (χ0) is 11.4. The summed E-state index contributed by atoms with van der Waals surface area (Å²) in [5, 5.41) is 7.56. The molecule has 1 aliphatic rings. The summed E-state index contributed by atoms with van der Waals surface area (Å²) in [5.74, 6) is 0.719. The van der Waals surface area contributed by atoms with E-state index < -0.39 is 0 Å². The first-order valence-electron chi connectivity index (χ1n) is 5.66. The number of hydrogen-bond acceptors (Lipinski definition) is 2. The molecule has 0 aliphatic carbocycles. The summed E-state index contributed by atoms with van der Waals surface area (Å²) >= 11 is 3.46. The predicted molar refractivity (Wildman–Crippen MR) is 65.6 cm³/mol. The molecule has 1 unspecified atom stereocenters. The molecule has 0 saturated carbocycles. The normalized spacial score (nSPS) is 21.1. The number of carbonyl (C=O) groups is 1. The number of alkyl halides is 1. The summed E-state index contributed by atoms with van der Waals surface area (Å²) < 4.78 is 0.